The van der Waals surface area contributed by atoms with E-state index in [-0.39, 0.29) is 6.01 Å². The fraction of sp³-hybridized carbons (Fsp3) is 0.269. The Balaban J connectivity index is 1.43. The summed E-state index contributed by atoms with van der Waals surface area (Å²) in [6.45, 7) is 1.55. The van der Waals surface area contributed by atoms with Gasteiger partial charge in [-0.25, -0.2) is 14.8 Å². The van der Waals surface area contributed by atoms with Crippen LogP contribution in [0.5, 0.6) is 11.8 Å². The monoisotopic (exact) mass is 511 g/mol. The van der Waals surface area contributed by atoms with Crippen molar-refractivity contribution < 1.29 is 27.4 Å². The smallest absolute Gasteiger partial charge is 0.425 e. The predicted molar refractivity (Wildman–Crippen MR) is 132 cm³/mol. The molecule has 192 valence electrons. The van der Waals surface area contributed by atoms with Crippen molar-refractivity contribution in [3.8, 4) is 23.0 Å². The van der Waals surface area contributed by atoms with Gasteiger partial charge in [0.05, 0.1) is 16.9 Å². The van der Waals surface area contributed by atoms with Crippen LogP contribution in [0, 0.1) is 5.92 Å². The molecule has 0 saturated heterocycles. The van der Waals surface area contributed by atoms with Crippen LogP contribution in [-0.2, 0) is 11.3 Å². The molecule has 37 heavy (non-hydrogen) atoms. The van der Waals surface area contributed by atoms with Crippen LogP contribution in [0.25, 0.3) is 22.2 Å². The molecule has 0 spiro atoms. The normalized spacial score (nSPS) is 14.4. The molecule has 3 N–H and O–H groups in total. The molecule has 4 aromatic rings. The van der Waals surface area contributed by atoms with Gasteiger partial charge in [-0.2, -0.15) is 13.2 Å². The van der Waals surface area contributed by atoms with Gasteiger partial charge in [0.2, 0.25) is 0 Å². The van der Waals surface area contributed by atoms with Crippen molar-refractivity contribution >= 4 is 28.4 Å². The Morgan fingerprint density at radius 1 is 1.16 bits per heavy atom. The standard InChI is InChI=1S/C26H24F3N5O3/c1-15(26(27,28)29)36-25(35)33-18-7-5-17(6-8-18)23-22(30)20-10-9-19(37-24-31-11-2-12-32-24)13-21(20)34(23)14-16-3-4-16/h2,5-13,15-16H,3-4,14,30H2,1H3,(H,33,35)/t15-/m1/s1. The van der Waals surface area contributed by atoms with Gasteiger partial charge in [-0.05, 0) is 56.0 Å². The van der Waals surface area contributed by atoms with Crippen LogP contribution >= 0.6 is 0 Å². The molecule has 1 saturated carbocycles. The van der Waals surface area contributed by atoms with Gasteiger partial charge in [0.25, 0.3) is 0 Å². The number of fused-ring (bicyclic) bond motifs is 1. The van der Waals surface area contributed by atoms with Crippen LogP contribution < -0.4 is 15.8 Å². The molecular weight excluding hydrogens is 487 g/mol. The number of benzene rings is 2. The number of aromatic nitrogens is 3. The summed E-state index contributed by atoms with van der Waals surface area (Å²) in [6.07, 6.45) is -2.57. The number of hydrogen-bond donors (Lipinski definition) is 2. The number of nitrogens with two attached hydrogens (primary N) is 1. The number of hydrogen-bond acceptors (Lipinski definition) is 6. The highest BCUT2D eigenvalue weighted by Crippen LogP contribution is 2.41. The zero-order valence-corrected chi connectivity index (χ0v) is 19.8. The fourth-order valence-electron chi connectivity index (χ4n) is 4.01. The second-order valence-electron chi connectivity index (χ2n) is 8.92. The largest absolute Gasteiger partial charge is 0.437 e. The lowest BCUT2D eigenvalue weighted by atomic mass is 10.1. The van der Waals surface area contributed by atoms with Crippen molar-refractivity contribution in [1.82, 2.24) is 14.5 Å². The summed E-state index contributed by atoms with van der Waals surface area (Å²) in [5, 5.41) is 3.19. The van der Waals surface area contributed by atoms with Crippen LogP contribution in [0.4, 0.5) is 29.3 Å². The van der Waals surface area contributed by atoms with E-state index in [1.807, 2.05) is 12.1 Å². The second kappa shape index (κ2) is 9.64. The first-order chi connectivity index (χ1) is 17.7. The van der Waals surface area contributed by atoms with E-state index < -0.39 is 18.4 Å². The first-order valence-corrected chi connectivity index (χ1v) is 11.7. The van der Waals surface area contributed by atoms with E-state index >= 15 is 0 Å². The number of nitrogen functional groups attached to an aromatic ring is 1. The highest BCUT2D eigenvalue weighted by Gasteiger charge is 2.39. The van der Waals surface area contributed by atoms with Crippen LogP contribution in [0.3, 0.4) is 0 Å². The summed E-state index contributed by atoms with van der Waals surface area (Å²) >= 11 is 0. The number of ether oxygens (including phenoxy) is 2. The molecule has 1 amide bonds. The topological polar surface area (TPSA) is 104 Å². The van der Waals surface area contributed by atoms with Gasteiger partial charge in [0.1, 0.15) is 5.75 Å². The molecule has 1 atom stereocenters. The molecule has 11 heteroatoms. The number of nitrogens with zero attached hydrogens (tertiary/aromatic N) is 3. The molecule has 1 fully saturated rings. The molecule has 8 nitrogen and oxygen atoms in total. The minimum absolute atomic E-state index is 0.238. The van der Waals surface area contributed by atoms with E-state index in [1.165, 1.54) is 0 Å². The maximum absolute atomic E-state index is 12.6. The number of rotatable bonds is 7. The molecule has 2 aromatic heterocycles. The van der Waals surface area contributed by atoms with Crippen LogP contribution in [0.1, 0.15) is 19.8 Å². The lowest BCUT2D eigenvalue weighted by Gasteiger charge is -2.17. The molecule has 2 aromatic carbocycles. The number of halogens is 3. The minimum Gasteiger partial charge on any atom is -0.437 e. The Bertz CT molecular complexity index is 1420. The third kappa shape index (κ3) is 5.45. The summed E-state index contributed by atoms with van der Waals surface area (Å²) < 4.78 is 50.3. The molecule has 1 aliphatic rings. The highest BCUT2D eigenvalue weighted by atomic mass is 19.4. The highest BCUT2D eigenvalue weighted by molar-refractivity contribution is 6.01. The Hall–Kier alpha value is -4.28. The zero-order valence-electron chi connectivity index (χ0n) is 19.8. The van der Waals surface area contributed by atoms with E-state index in [2.05, 4.69) is 24.6 Å². The number of carbonyl (C=O) groups is 1. The molecule has 0 bridgehead atoms. The summed E-state index contributed by atoms with van der Waals surface area (Å²) in [5.41, 5.74) is 10.0. The maximum atomic E-state index is 12.6. The van der Waals surface area contributed by atoms with Crippen molar-refractivity contribution in [3.63, 3.8) is 0 Å². The lowest BCUT2D eigenvalue weighted by molar-refractivity contribution is -0.196. The fourth-order valence-corrected chi connectivity index (χ4v) is 4.01. The van der Waals surface area contributed by atoms with Crippen LogP contribution in [0.15, 0.2) is 60.9 Å². The quantitative estimate of drug-likeness (QED) is 0.298. The summed E-state index contributed by atoms with van der Waals surface area (Å²) in [4.78, 5) is 20.1. The van der Waals surface area contributed by atoms with Gasteiger partial charge in [-0.1, -0.05) is 12.1 Å². The second-order valence-corrected chi connectivity index (χ2v) is 8.92. The van der Waals surface area contributed by atoms with Crippen LogP contribution in [0.2, 0.25) is 0 Å². The minimum atomic E-state index is -4.63. The van der Waals surface area contributed by atoms with Crippen molar-refractivity contribution in [1.29, 1.82) is 0 Å². The molecular formula is C26H24F3N5O3. The summed E-state index contributed by atoms with van der Waals surface area (Å²) in [6, 6.07) is 14.2. The van der Waals surface area contributed by atoms with Gasteiger partial charge < -0.3 is 19.8 Å². The van der Waals surface area contributed by atoms with Crippen molar-refractivity contribution in [2.75, 3.05) is 11.1 Å². The van der Waals surface area contributed by atoms with Crippen molar-refractivity contribution in [3.05, 3.63) is 60.9 Å². The molecule has 0 unspecified atom stereocenters. The Labute approximate surface area is 210 Å². The molecule has 0 aliphatic heterocycles. The number of nitrogens with one attached hydrogen (secondary N) is 1. The van der Waals surface area contributed by atoms with Crippen LogP contribution in [-0.4, -0.2) is 32.9 Å². The SMILES string of the molecule is C[C@@H](OC(=O)Nc1ccc(-c2c(N)c3ccc(Oc4ncccn4)cc3n2CC2CC2)cc1)C(F)(F)F. The van der Waals surface area contributed by atoms with Gasteiger partial charge in [-0.3, -0.25) is 5.32 Å². The van der Waals surface area contributed by atoms with E-state index in [0.29, 0.717) is 23.0 Å². The third-order valence-corrected chi connectivity index (χ3v) is 6.11. The number of alkyl halides is 3. The van der Waals surface area contributed by atoms with E-state index in [0.717, 1.165) is 48.5 Å². The van der Waals surface area contributed by atoms with Gasteiger partial charge >= 0.3 is 18.3 Å². The lowest BCUT2D eigenvalue weighted by Crippen LogP contribution is -2.32. The first-order valence-electron chi connectivity index (χ1n) is 11.7. The summed E-state index contributed by atoms with van der Waals surface area (Å²) in [7, 11) is 0. The molecule has 2 heterocycles. The third-order valence-electron chi connectivity index (χ3n) is 6.11. The van der Waals surface area contributed by atoms with Crippen molar-refractivity contribution in [2.45, 2.75) is 38.6 Å². The molecule has 0 radical (unpaired) electrons. The summed E-state index contributed by atoms with van der Waals surface area (Å²) in [5.74, 6) is 1.12. The van der Waals surface area contributed by atoms with E-state index in [9.17, 15) is 18.0 Å². The number of anilines is 2. The maximum Gasteiger partial charge on any atom is 0.425 e. The first kappa shape index (κ1) is 24.4. The van der Waals surface area contributed by atoms with Gasteiger partial charge in [0.15, 0.2) is 6.10 Å². The number of carbonyl (C=O) groups excluding carboxylic acids is 1. The Morgan fingerprint density at radius 3 is 2.51 bits per heavy atom. The van der Waals surface area contributed by atoms with E-state index in [1.54, 1.807) is 48.8 Å². The average molecular weight is 512 g/mol. The van der Waals surface area contributed by atoms with E-state index in [4.69, 9.17) is 10.5 Å². The number of amides is 1. The Kier molecular flexibility index (Phi) is 6.36. The van der Waals surface area contributed by atoms with Gasteiger partial charge in [-0.15, -0.1) is 0 Å². The zero-order chi connectivity index (χ0) is 26.2. The van der Waals surface area contributed by atoms with Gasteiger partial charge in [0, 0.05) is 41.6 Å². The molecule has 1 aliphatic carbocycles. The Morgan fingerprint density at radius 2 is 1.86 bits per heavy atom. The van der Waals surface area contributed by atoms with Crippen molar-refractivity contribution in [2.24, 2.45) is 5.92 Å². The average Bonchev–Trinajstić information content (AvgIpc) is 3.64. The predicted octanol–water partition coefficient (Wildman–Crippen LogP) is 6.38. The molecule has 5 rings (SSSR count).